The van der Waals surface area contributed by atoms with Crippen LogP contribution >= 0.6 is 0 Å². The second-order valence-corrected chi connectivity index (χ2v) is 6.92. The first-order valence-corrected chi connectivity index (χ1v) is 9.47. The quantitative estimate of drug-likeness (QED) is 0.572. The molecule has 0 aliphatic carbocycles. The maximum Gasteiger partial charge on any atom is 0.134 e. The Hall–Kier alpha value is -2.97. The van der Waals surface area contributed by atoms with E-state index in [1.54, 1.807) is 12.5 Å². The molecule has 3 heterocycles. The topological polar surface area (TPSA) is 91.1 Å². The number of para-hydroxylation sites is 1. The van der Waals surface area contributed by atoms with E-state index < -0.39 is 0 Å². The predicted molar refractivity (Wildman–Crippen MR) is 109 cm³/mol. The van der Waals surface area contributed by atoms with Crippen molar-refractivity contribution in [1.82, 2.24) is 25.1 Å². The molecule has 0 radical (unpaired) electrons. The van der Waals surface area contributed by atoms with Gasteiger partial charge in [0.1, 0.15) is 18.0 Å². The maximum atomic E-state index is 10.2. The van der Waals surface area contributed by atoms with Crippen molar-refractivity contribution in [3.8, 4) is 5.69 Å². The fourth-order valence-corrected chi connectivity index (χ4v) is 3.68. The smallest absolute Gasteiger partial charge is 0.134 e. The van der Waals surface area contributed by atoms with Crippen molar-refractivity contribution in [1.29, 1.82) is 0 Å². The zero-order chi connectivity index (χ0) is 19.3. The first-order valence-electron chi connectivity index (χ1n) is 9.47. The Morgan fingerprint density at radius 3 is 2.93 bits per heavy atom. The second-order valence-electron chi connectivity index (χ2n) is 6.92. The highest BCUT2D eigenvalue weighted by molar-refractivity contribution is 5.50. The summed E-state index contributed by atoms with van der Waals surface area (Å²) in [4.78, 5) is 10.7. The molecule has 0 unspecified atom stereocenters. The summed E-state index contributed by atoms with van der Waals surface area (Å²) >= 11 is 0. The second kappa shape index (κ2) is 8.37. The Balaban J connectivity index is 1.43. The molecule has 2 aromatic heterocycles. The van der Waals surface area contributed by atoms with Crippen LogP contribution in [0.3, 0.4) is 0 Å². The molecule has 8 nitrogen and oxygen atoms in total. The number of anilines is 2. The molecule has 1 saturated heterocycles. The number of rotatable bonds is 7. The van der Waals surface area contributed by atoms with Crippen molar-refractivity contribution in [3.05, 3.63) is 60.7 Å². The Bertz CT molecular complexity index is 899. The highest BCUT2D eigenvalue weighted by Crippen LogP contribution is 2.25. The largest absolute Gasteiger partial charge is 0.391 e. The van der Waals surface area contributed by atoms with Gasteiger partial charge in [0.25, 0.3) is 0 Å². The summed E-state index contributed by atoms with van der Waals surface area (Å²) in [5.74, 6) is 1.60. The molecule has 146 valence electrons. The molecule has 0 amide bonds. The first-order chi connectivity index (χ1) is 13.7. The van der Waals surface area contributed by atoms with Gasteiger partial charge in [0.2, 0.25) is 0 Å². The lowest BCUT2D eigenvalue weighted by Crippen LogP contribution is -2.38. The van der Waals surface area contributed by atoms with Crippen LogP contribution in [0, 0.1) is 0 Å². The minimum atomic E-state index is -0.351. The molecule has 0 bridgehead atoms. The van der Waals surface area contributed by atoms with E-state index in [1.807, 2.05) is 42.2 Å². The SMILES string of the molecule is CNc1cc(N2C[C@H](O)C[C@@H]2CNCc2ccccc2-n2cccn2)ncn1. The Kier molecular flexibility index (Phi) is 5.50. The van der Waals surface area contributed by atoms with Gasteiger partial charge in [-0.3, -0.25) is 0 Å². The van der Waals surface area contributed by atoms with Crippen LogP contribution in [0.4, 0.5) is 11.6 Å². The summed E-state index contributed by atoms with van der Waals surface area (Å²) in [7, 11) is 1.83. The Labute approximate surface area is 164 Å². The average molecular weight is 379 g/mol. The molecule has 4 rings (SSSR count). The van der Waals surface area contributed by atoms with Crippen molar-refractivity contribution < 1.29 is 5.11 Å². The minimum Gasteiger partial charge on any atom is -0.391 e. The van der Waals surface area contributed by atoms with E-state index >= 15 is 0 Å². The zero-order valence-electron chi connectivity index (χ0n) is 15.9. The Morgan fingerprint density at radius 1 is 1.21 bits per heavy atom. The van der Waals surface area contributed by atoms with E-state index in [2.05, 4.69) is 42.7 Å². The predicted octanol–water partition coefficient (Wildman–Crippen LogP) is 1.43. The lowest BCUT2D eigenvalue weighted by Gasteiger charge is -2.26. The van der Waals surface area contributed by atoms with Gasteiger partial charge in [-0.15, -0.1) is 0 Å². The van der Waals surface area contributed by atoms with E-state index in [1.165, 1.54) is 5.56 Å². The molecule has 1 fully saturated rings. The molecule has 1 aromatic carbocycles. The van der Waals surface area contributed by atoms with Crippen LogP contribution in [0.15, 0.2) is 55.1 Å². The van der Waals surface area contributed by atoms with Gasteiger partial charge in [-0.2, -0.15) is 5.10 Å². The Morgan fingerprint density at radius 2 is 2.11 bits per heavy atom. The summed E-state index contributed by atoms with van der Waals surface area (Å²) < 4.78 is 1.88. The minimum absolute atomic E-state index is 0.173. The number of aliphatic hydroxyl groups is 1. The lowest BCUT2D eigenvalue weighted by atomic mass is 10.1. The maximum absolute atomic E-state index is 10.2. The number of nitrogens with zero attached hydrogens (tertiary/aromatic N) is 5. The molecule has 28 heavy (non-hydrogen) atoms. The van der Waals surface area contributed by atoms with Crippen LogP contribution in [0.1, 0.15) is 12.0 Å². The molecule has 1 aliphatic rings. The monoisotopic (exact) mass is 379 g/mol. The lowest BCUT2D eigenvalue weighted by molar-refractivity contribution is 0.194. The fourth-order valence-electron chi connectivity index (χ4n) is 3.68. The van der Waals surface area contributed by atoms with Gasteiger partial charge in [-0.05, 0) is 24.1 Å². The molecular weight excluding hydrogens is 354 g/mol. The van der Waals surface area contributed by atoms with Crippen LogP contribution in [0.5, 0.6) is 0 Å². The summed E-state index contributed by atoms with van der Waals surface area (Å²) in [5, 5.41) is 21.1. The third kappa shape index (κ3) is 3.97. The number of benzene rings is 1. The first kappa shape index (κ1) is 18.4. The number of nitrogens with one attached hydrogen (secondary N) is 2. The number of aliphatic hydroxyl groups excluding tert-OH is 1. The van der Waals surface area contributed by atoms with Crippen LogP contribution < -0.4 is 15.5 Å². The van der Waals surface area contributed by atoms with Gasteiger partial charge < -0.3 is 20.6 Å². The molecule has 2 atom stereocenters. The summed E-state index contributed by atoms with van der Waals surface area (Å²) in [5.41, 5.74) is 2.24. The van der Waals surface area contributed by atoms with Crippen LogP contribution in [-0.2, 0) is 6.54 Å². The van der Waals surface area contributed by atoms with Gasteiger partial charge in [-0.1, -0.05) is 18.2 Å². The molecule has 3 aromatic rings. The number of hydrogen-bond acceptors (Lipinski definition) is 7. The van der Waals surface area contributed by atoms with Gasteiger partial charge in [-0.25, -0.2) is 14.6 Å². The van der Waals surface area contributed by atoms with Crippen molar-refractivity contribution in [2.75, 3.05) is 30.4 Å². The van der Waals surface area contributed by atoms with Crippen molar-refractivity contribution in [2.45, 2.75) is 25.1 Å². The van der Waals surface area contributed by atoms with Crippen molar-refractivity contribution >= 4 is 11.6 Å². The van der Waals surface area contributed by atoms with Crippen LogP contribution in [0.2, 0.25) is 0 Å². The third-order valence-corrected chi connectivity index (χ3v) is 5.03. The standard InChI is InChI=1S/C20H25N7O/c1-21-19-10-20(24-14-23-19)26-13-17(28)9-16(26)12-22-11-15-5-2-3-6-18(15)27-8-4-7-25-27/h2-8,10,14,16-17,22,28H,9,11-13H2,1H3,(H,21,23,24)/t16-,17-/m1/s1. The van der Waals surface area contributed by atoms with Crippen molar-refractivity contribution in [3.63, 3.8) is 0 Å². The number of aromatic nitrogens is 4. The zero-order valence-corrected chi connectivity index (χ0v) is 15.9. The average Bonchev–Trinajstić information content (AvgIpc) is 3.38. The number of hydrogen-bond donors (Lipinski definition) is 3. The van der Waals surface area contributed by atoms with E-state index in [-0.39, 0.29) is 12.1 Å². The van der Waals surface area contributed by atoms with Gasteiger partial charge in [0.15, 0.2) is 0 Å². The third-order valence-electron chi connectivity index (χ3n) is 5.03. The van der Waals surface area contributed by atoms with E-state index in [9.17, 15) is 5.11 Å². The highest BCUT2D eigenvalue weighted by atomic mass is 16.3. The molecule has 8 heteroatoms. The fraction of sp³-hybridized carbons (Fsp3) is 0.350. The normalized spacial score (nSPS) is 19.1. The highest BCUT2D eigenvalue weighted by Gasteiger charge is 2.31. The molecule has 3 N–H and O–H groups in total. The van der Waals surface area contributed by atoms with E-state index in [4.69, 9.17) is 0 Å². The number of β-amino-alcohol motifs (C(OH)–C–C–N with tert-alkyl or cyclic N) is 1. The van der Waals surface area contributed by atoms with Crippen molar-refractivity contribution in [2.24, 2.45) is 0 Å². The molecular formula is C20H25N7O. The van der Waals surface area contributed by atoms with Crippen LogP contribution in [-0.4, -0.2) is 57.1 Å². The molecule has 0 saturated carbocycles. The van der Waals surface area contributed by atoms with Gasteiger partial charge in [0.05, 0.1) is 11.8 Å². The molecule has 1 aliphatic heterocycles. The molecule has 0 spiro atoms. The van der Waals surface area contributed by atoms with Crippen LogP contribution in [0.25, 0.3) is 5.69 Å². The van der Waals surface area contributed by atoms with Gasteiger partial charge >= 0.3 is 0 Å². The van der Waals surface area contributed by atoms with Gasteiger partial charge in [0, 0.05) is 51.2 Å². The summed E-state index contributed by atoms with van der Waals surface area (Å²) in [6.07, 6.45) is 5.64. The van der Waals surface area contributed by atoms with E-state index in [0.29, 0.717) is 13.0 Å². The van der Waals surface area contributed by atoms with E-state index in [0.717, 1.165) is 30.4 Å². The summed E-state index contributed by atoms with van der Waals surface area (Å²) in [6, 6.07) is 12.2. The summed E-state index contributed by atoms with van der Waals surface area (Å²) in [6.45, 7) is 2.06.